The highest BCUT2D eigenvalue weighted by molar-refractivity contribution is 6.01. The van der Waals surface area contributed by atoms with E-state index in [-0.39, 0.29) is 23.4 Å². The van der Waals surface area contributed by atoms with Crippen LogP contribution in [0.25, 0.3) is 0 Å². The Balaban J connectivity index is 1.98. The van der Waals surface area contributed by atoms with Crippen LogP contribution < -0.4 is 5.32 Å². The first-order chi connectivity index (χ1) is 11.4. The summed E-state index contributed by atoms with van der Waals surface area (Å²) in [5, 5.41) is 2.87. The Hall–Kier alpha value is -2.63. The van der Waals surface area contributed by atoms with Crippen molar-refractivity contribution in [3.8, 4) is 0 Å². The second-order valence-electron chi connectivity index (χ2n) is 6.37. The molecule has 3 rings (SSSR count). The van der Waals surface area contributed by atoms with Crippen LogP contribution in [0.1, 0.15) is 54.4 Å². The van der Waals surface area contributed by atoms with E-state index < -0.39 is 6.04 Å². The molecule has 126 valence electrons. The summed E-state index contributed by atoms with van der Waals surface area (Å²) >= 11 is 0. The first-order valence-electron chi connectivity index (χ1n) is 8.05. The maximum Gasteiger partial charge on any atom is 0.277 e. The summed E-state index contributed by atoms with van der Waals surface area (Å²) in [6, 6.07) is 6.90. The minimum absolute atomic E-state index is 0.0934. The number of hydrogen-bond acceptors (Lipinski definition) is 4. The van der Waals surface area contributed by atoms with Crippen LogP contribution in [0.4, 0.5) is 5.69 Å². The fourth-order valence-electron chi connectivity index (χ4n) is 2.73. The molecule has 1 aliphatic rings. The van der Waals surface area contributed by atoms with E-state index in [1.165, 1.54) is 4.90 Å². The smallest absolute Gasteiger partial charge is 0.277 e. The maximum absolute atomic E-state index is 13.0. The Bertz CT molecular complexity index is 795. The first-order valence-corrected chi connectivity index (χ1v) is 8.05. The molecule has 0 aliphatic carbocycles. The molecule has 2 amide bonds. The molecule has 1 aromatic carbocycles. The molecule has 2 heterocycles. The molecule has 0 saturated carbocycles. The molecule has 1 aromatic heterocycles. The van der Waals surface area contributed by atoms with Crippen molar-refractivity contribution in [2.24, 2.45) is 0 Å². The predicted octanol–water partition coefficient (Wildman–Crippen LogP) is 3.09. The van der Waals surface area contributed by atoms with Crippen LogP contribution in [0.2, 0.25) is 0 Å². The van der Waals surface area contributed by atoms with Crippen LogP contribution in [0, 0.1) is 6.92 Å². The van der Waals surface area contributed by atoms with Crippen LogP contribution in [-0.2, 0) is 11.3 Å². The molecule has 24 heavy (non-hydrogen) atoms. The molecule has 0 radical (unpaired) electrons. The lowest BCUT2D eigenvalue weighted by Crippen LogP contribution is -2.43. The van der Waals surface area contributed by atoms with E-state index in [2.05, 4.69) is 10.3 Å². The first kappa shape index (κ1) is 16.2. The number of benzene rings is 1. The summed E-state index contributed by atoms with van der Waals surface area (Å²) in [5.74, 6) is 0.605. The lowest BCUT2D eigenvalue weighted by molar-refractivity contribution is -0.120. The van der Waals surface area contributed by atoms with Gasteiger partial charge in [-0.05, 0) is 25.5 Å². The Labute approximate surface area is 140 Å². The van der Waals surface area contributed by atoms with Gasteiger partial charge in [0.1, 0.15) is 11.8 Å². The average molecular weight is 327 g/mol. The second kappa shape index (κ2) is 6.11. The Kier molecular flexibility index (Phi) is 4.13. The summed E-state index contributed by atoms with van der Waals surface area (Å²) in [4.78, 5) is 31.2. The Morgan fingerprint density at radius 1 is 1.38 bits per heavy atom. The van der Waals surface area contributed by atoms with Gasteiger partial charge < -0.3 is 14.6 Å². The fourth-order valence-corrected chi connectivity index (χ4v) is 2.73. The molecule has 1 atom stereocenters. The van der Waals surface area contributed by atoms with Crippen molar-refractivity contribution in [1.82, 2.24) is 9.88 Å². The number of carbonyl (C=O) groups excluding carboxylic acids is 2. The lowest BCUT2D eigenvalue weighted by atomic mass is 10.1. The Morgan fingerprint density at radius 3 is 2.75 bits per heavy atom. The minimum atomic E-state index is -0.594. The van der Waals surface area contributed by atoms with Crippen LogP contribution in [0.3, 0.4) is 0 Å². The zero-order chi connectivity index (χ0) is 17.4. The van der Waals surface area contributed by atoms with Crippen LogP contribution in [-0.4, -0.2) is 27.7 Å². The molecular weight excluding hydrogens is 306 g/mol. The molecule has 0 saturated heterocycles. The minimum Gasteiger partial charge on any atom is -0.445 e. The number of carbonyl (C=O) groups is 2. The normalized spacial score (nSPS) is 17.5. The van der Waals surface area contributed by atoms with Gasteiger partial charge in [0.25, 0.3) is 5.91 Å². The molecule has 6 nitrogen and oxygen atoms in total. The summed E-state index contributed by atoms with van der Waals surface area (Å²) < 4.78 is 5.59. The number of para-hydroxylation sites is 1. The van der Waals surface area contributed by atoms with Crippen LogP contribution in [0.5, 0.6) is 0 Å². The van der Waals surface area contributed by atoms with Crippen molar-refractivity contribution in [2.45, 2.75) is 46.2 Å². The van der Waals surface area contributed by atoms with Crippen molar-refractivity contribution >= 4 is 17.5 Å². The van der Waals surface area contributed by atoms with Gasteiger partial charge in [-0.25, -0.2) is 4.98 Å². The zero-order valence-corrected chi connectivity index (χ0v) is 14.3. The van der Waals surface area contributed by atoms with Gasteiger partial charge in [-0.15, -0.1) is 0 Å². The number of nitrogens with one attached hydrogen (secondary N) is 1. The van der Waals surface area contributed by atoms with Crippen molar-refractivity contribution in [2.75, 3.05) is 5.32 Å². The van der Waals surface area contributed by atoms with Crippen molar-refractivity contribution < 1.29 is 14.0 Å². The summed E-state index contributed by atoms with van der Waals surface area (Å²) in [5.41, 5.74) is 1.91. The van der Waals surface area contributed by atoms with Crippen LogP contribution >= 0.6 is 0 Å². The fraction of sp³-hybridized carbons (Fsp3) is 0.389. The van der Waals surface area contributed by atoms with Gasteiger partial charge in [-0.2, -0.15) is 0 Å². The van der Waals surface area contributed by atoms with E-state index in [9.17, 15) is 9.59 Å². The highest BCUT2D eigenvalue weighted by atomic mass is 16.4. The molecule has 0 bridgehead atoms. The topological polar surface area (TPSA) is 75.4 Å². The maximum atomic E-state index is 13.0. The molecule has 0 spiro atoms. The lowest BCUT2D eigenvalue weighted by Gasteiger charge is -2.25. The molecule has 1 unspecified atom stereocenters. The quantitative estimate of drug-likeness (QED) is 0.919. The largest absolute Gasteiger partial charge is 0.445 e. The van der Waals surface area contributed by atoms with E-state index in [1.54, 1.807) is 13.8 Å². The number of fused-ring (bicyclic) bond motifs is 1. The third kappa shape index (κ3) is 2.79. The number of hydrogen-bond donors (Lipinski definition) is 1. The van der Waals surface area contributed by atoms with Gasteiger partial charge in [0, 0.05) is 18.2 Å². The molecule has 6 heteroatoms. The van der Waals surface area contributed by atoms with E-state index in [1.807, 2.05) is 38.1 Å². The highest BCUT2D eigenvalue weighted by Crippen LogP contribution is 2.26. The SMILES string of the molecule is Cc1oc(C(C)C)nc1C(=O)N1Cc2ccccc2NC(=O)C1C. The molecule has 2 aromatic rings. The number of rotatable bonds is 2. The van der Waals surface area contributed by atoms with Gasteiger partial charge in [0.2, 0.25) is 5.91 Å². The van der Waals surface area contributed by atoms with Crippen LogP contribution in [0.15, 0.2) is 28.7 Å². The van der Waals surface area contributed by atoms with Gasteiger partial charge in [-0.3, -0.25) is 9.59 Å². The monoisotopic (exact) mass is 327 g/mol. The average Bonchev–Trinajstić information content (AvgIpc) is 2.89. The number of nitrogens with zero attached hydrogens (tertiary/aromatic N) is 2. The summed E-state index contributed by atoms with van der Waals surface area (Å²) in [6.07, 6.45) is 0. The standard InChI is InChI=1S/C18H21N3O3/c1-10(2)17-20-15(12(4)24-17)18(23)21-9-13-7-5-6-8-14(13)19-16(22)11(21)3/h5-8,10-11H,9H2,1-4H3,(H,19,22). The van der Waals surface area contributed by atoms with Gasteiger partial charge in [-0.1, -0.05) is 32.0 Å². The van der Waals surface area contributed by atoms with Gasteiger partial charge in [0.15, 0.2) is 11.6 Å². The predicted molar refractivity (Wildman–Crippen MR) is 89.7 cm³/mol. The summed E-state index contributed by atoms with van der Waals surface area (Å²) in [7, 11) is 0. The highest BCUT2D eigenvalue weighted by Gasteiger charge is 2.33. The van der Waals surface area contributed by atoms with Crippen molar-refractivity contribution in [3.05, 3.63) is 47.2 Å². The molecular formula is C18H21N3O3. The number of aryl methyl sites for hydroxylation is 1. The van der Waals surface area contributed by atoms with Crippen molar-refractivity contribution in [1.29, 1.82) is 0 Å². The van der Waals surface area contributed by atoms with Gasteiger partial charge in [0.05, 0.1) is 0 Å². The van der Waals surface area contributed by atoms with E-state index in [0.717, 1.165) is 11.3 Å². The molecule has 1 aliphatic heterocycles. The van der Waals surface area contributed by atoms with E-state index in [4.69, 9.17) is 4.42 Å². The molecule has 0 fully saturated rings. The number of anilines is 1. The number of oxazole rings is 1. The summed E-state index contributed by atoms with van der Waals surface area (Å²) in [6.45, 7) is 7.70. The third-order valence-electron chi connectivity index (χ3n) is 4.23. The van der Waals surface area contributed by atoms with E-state index >= 15 is 0 Å². The zero-order valence-electron chi connectivity index (χ0n) is 14.3. The van der Waals surface area contributed by atoms with Crippen molar-refractivity contribution in [3.63, 3.8) is 0 Å². The van der Waals surface area contributed by atoms with E-state index in [0.29, 0.717) is 18.2 Å². The van der Waals surface area contributed by atoms with Gasteiger partial charge >= 0.3 is 0 Å². The number of amides is 2. The molecule has 1 N–H and O–H groups in total. The Morgan fingerprint density at radius 2 is 2.08 bits per heavy atom. The number of aromatic nitrogens is 1. The second-order valence-corrected chi connectivity index (χ2v) is 6.37. The third-order valence-corrected chi connectivity index (χ3v) is 4.23.